The van der Waals surface area contributed by atoms with Gasteiger partial charge in [0.1, 0.15) is 18.0 Å². The van der Waals surface area contributed by atoms with Gasteiger partial charge in [0.05, 0.1) is 23.1 Å². The van der Waals surface area contributed by atoms with Crippen LogP contribution in [0.2, 0.25) is 5.02 Å². The fraction of sp³-hybridized carbons (Fsp3) is 0.174. The van der Waals surface area contributed by atoms with Gasteiger partial charge in [-0.1, -0.05) is 11.6 Å². The summed E-state index contributed by atoms with van der Waals surface area (Å²) in [4.78, 5) is 15.5. The van der Waals surface area contributed by atoms with Crippen LogP contribution in [0.15, 0.2) is 55.1 Å². The van der Waals surface area contributed by atoms with Gasteiger partial charge in [0, 0.05) is 40.8 Å². The number of aromatic nitrogens is 6. The summed E-state index contributed by atoms with van der Waals surface area (Å²) in [6, 6.07) is 10.3. The Kier molecular flexibility index (Phi) is 4.29. The summed E-state index contributed by atoms with van der Waals surface area (Å²) >= 11 is 6.23. The number of hydrogen-bond donors (Lipinski definition) is 0. The van der Waals surface area contributed by atoms with Crippen LogP contribution in [-0.4, -0.2) is 36.6 Å². The molecule has 0 saturated heterocycles. The predicted octanol–water partition coefficient (Wildman–Crippen LogP) is 5.17. The minimum Gasteiger partial charge on any atom is -0.329 e. The number of halogens is 2. The van der Waals surface area contributed by atoms with Crippen LogP contribution in [0.1, 0.15) is 24.5 Å². The van der Waals surface area contributed by atoms with Gasteiger partial charge in [0.2, 0.25) is 0 Å². The number of benzene rings is 2. The second-order valence-corrected chi connectivity index (χ2v) is 8.39. The normalized spacial score (nSPS) is 13.7. The lowest BCUT2D eigenvalue weighted by molar-refractivity contribution is 0.628. The van der Waals surface area contributed by atoms with Gasteiger partial charge >= 0.3 is 0 Å². The Bertz CT molecular complexity index is 1480. The minimum absolute atomic E-state index is 0.367. The van der Waals surface area contributed by atoms with Crippen molar-refractivity contribution in [2.45, 2.75) is 18.8 Å². The van der Waals surface area contributed by atoms with Crippen LogP contribution in [0.25, 0.3) is 27.9 Å². The molecule has 0 N–H and O–H groups in total. The number of hydrogen-bond acceptors (Lipinski definition) is 6. The van der Waals surface area contributed by atoms with E-state index in [4.69, 9.17) is 11.6 Å². The quantitative estimate of drug-likeness (QED) is 0.380. The molecule has 1 aliphatic rings. The molecule has 2 aromatic carbocycles. The molecule has 1 fully saturated rings. The SMILES string of the molecule is CN(c1cc(F)cc(-c2cnc(C3CC3)cn2)c1)c1nc2nncn2c2cc(Cl)ccc12. The molecule has 1 saturated carbocycles. The summed E-state index contributed by atoms with van der Waals surface area (Å²) in [5.41, 5.74) is 3.71. The maximum absolute atomic E-state index is 14.6. The Morgan fingerprint density at radius 2 is 1.97 bits per heavy atom. The molecule has 0 atom stereocenters. The van der Waals surface area contributed by atoms with Crippen LogP contribution in [0.5, 0.6) is 0 Å². The predicted molar refractivity (Wildman–Crippen MR) is 121 cm³/mol. The molecular weight excluding hydrogens is 429 g/mol. The highest BCUT2D eigenvalue weighted by molar-refractivity contribution is 6.31. The number of anilines is 2. The molecule has 0 aliphatic heterocycles. The zero-order valence-corrected chi connectivity index (χ0v) is 17.8. The smallest absolute Gasteiger partial charge is 0.257 e. The van der Waals surface area contributed by atoms with Gasteiger partial charge in [-0.25, -0.2) is 4.39 Å². The second kappa shape index (κ2) is 7.20. The van der Waals surface area contributed by atoms with E-state index >= 15 is 0 Å². The van der Waals surface area contributed by atoms with E-state index in [1.54, 1.807) is 29.2 Å². The Morgan fingerprint density at radius 3 is 2.75 bits per heavy atom. The zero-order chi connectivity index (χ0) is 21.8. The molecule has 32 heavy (non-hydrogen) atoms. The summed E-state index contributed by atoms with van der Waals surface area (Å²) in [6.45, 7) is 0. The molecule has 0 spiro atoms. The van der Waals surface area contributed by atoms with E-state index in [1.165, 1.54) is 12.1 Å². The van der Waals surface area contributed by atoms with Crippen molar-refractivity contribution in [3.8, 4) is 11.3 Å². The van der Waals surface area contributed by atoms with E-state index in [0.29, 0.717) is 39.5 Å². The van der Waals surface area contributed by atoms with E-state index in [-0.39, 0.29) is 5.82 Å². The zero-order valence-electron chi connectivity index (χ0n) is 17.1. The number of fused-ring (bicyclic) bond motifs is 3. The highest BCUT2D eigenvalue weighted by atomic mass is 35.5. The van der Waals surface area contributed by atoms with E-state index < -0.39 is 0 Å². The van der Waals surface area contributed by atoms with Crippen molar-refractivity contribution in [3.63, 3.8) is 0 Å². The molecule has 0 amide bonds. The summed E-state index contributed by atoms with van der Waals surface area (Å²) in [6.07, 6.45) is 7.41. The molecule has 3 heterocycles. The molecule has 1 aliphatic carbocycles. The average molecular weight is 446 g/mol. The molecule has 6 rings (SSSR count). The van der Waals surface area contributed by atoms with Crippen molar-refractivity contribution >= 4 is 39.8 Å². The topological polar surface area (TPSA) is 72.1 Å². The lowest BCUT2D eigenvalue weighted by Gasteiger charge is -2.21. The van der Waals surface area contributed by atoms with Crippen LogP contribution in [-0.2, 0) is 0 Å². The Hall–Kier alpha value is -3.65. The summed E-state index contributed by atoms with van der Waals surface area (Å²) in [5, 5.41) is 9.47. The standard InChI is InChI=1S/C23H17ClFN7/c1-31(22-18-5-4-15(24)8-21(18)32-12-28-30-23(32)29-22)17-7-14(6-16(25)9-17)20-11-26-19(10-27-20)13-2-3-13/h4-13H,2-3H2,1H3. The average Bonchev–Trinajstić information content (AvgIpc) is 3.54. The first kappa shape index (κ1) is 19.1. The lowest BCUT2D eigenvalue weighted by Crippen LogP contribution is -2.13. The monoisotopic (exact) mass is 445 g/mol. The molecule has 0 unspecified atom stereocenters. The van der Waals surface area contributed by atoms with Crippen molar-refractivity contribution in [2.75, 3.05) is 11.9 Å². The third kappa shape index (κ3) is 3.23. The Labute approximate surface area is 187 Å². The molecule has 3 aromatic heterocycles. The molecule has 0 bridgehead atoms. The van der Waals surface area contributed by atoms with Crippen molar-refractivity contribution in [1.82, 2.24) is 29.5 Å². The molecular formula is C23H17ClFN7. The molecule has 0 radical (unpaired) electrons. The molecule has 7 nitrogen and oxygen atoms in total. The van der Waals surface area contributed by atoms with Gasteiger partial charge < -0.3 is 4.90 Å². The van der Waals surface area contributed by atoms with Crippen LogP contribution in [0.4, 0.5) is 15.9 Å². The maximum atomic E-state index is 14.6. The third-order valence-corrected chi connectivity index (χ3v) is 5.98. The van der Waals surface area contributed by atoms with Crippen LogP contribution in [0, 0.1) is 5.82 Å². The highest BCUT2D eigenvalue weighted by Crippen LogP contribution is 2.39. The van der Waals surface area contributed by atoms with E-state index in [9.17, 15) is 4.39 Å². The van der Waals surface area contributed by atoms with Crippen LogP contribution in [0.3, 0.4) is 0 Å². The highest BCUT2D eigenvalue weighted by Gasteiger charge is 2.25. The van der Waals surface area contributed by atoms with Crippen LogP contribution >= 0.6 is 11.6 Å². The fourth-order valence-electron chi connectivity index (χ4n) is 3.89. The van der Waals surface area contributed by atoms with Crippen molar-refractivity contribution in [1.29, 1.82) is 0 Å². The summed E-state index contributed by atoms with van der Waals surface area (Å²) < 4.78 is 16.4. The Balaban J connectivity index is 1.46. The van der Waals surface area contributed by atoms with Gasteiger partial charge in [0.15, 0.2) is 0 Å². The molecule has 5 aromatic rings. The third-order valence-electron chi connectivity index (χ3n) is 5.75. The van der Waals surface area contributed by atoms with E-state index in [0.717, 1.165) is 29.4 Å². The summed E-state index contributed by atoms with van der Waals surface area (Å²) in [5.74, 6) is 1.20. The first-order valence-electron chi connectivity index (χ1n) is 10.2. The van der Waals surface area contributed by atoms with Gasteiger partial charge in [-0.05, 0) is 49.2 Å². The Morgan fingerprint density at radius 1 is 1.09 bits per heavy atom. The van der Waals surface area contributed by atoms with Crippen molar-refractivity contribution < 1.29 is 4.39 Å². The van der Waals surface area contributed by atoms with Crippen molar-refractivity contribution in [3.05, 3.63) is 71.7 Å². The lowest BCUT2D eigenvalue weighted by atomic mass is 10.1. The van der Waals surface area contributed by atoms with Crippen LogP contribution < -0.4 is 4.90 Å². The van der Waals surface area contributed by atoms with Crippen molar-refractivity contribution in [2.24, 2.45) is 0 Å². The maximum Gasteiger partial charge on any atom is 0.257 e. The van der Waals surface area contributed by atoms with Gasteiger partial charge in [-0.15, -0.1) is 10.2 Å². The van der Waals surface area contributed by atoms with Gasteiger partial charge in [-0.3, -0.25) is 14.4 Å². The van der Waals surface area contributed by atoms with E-state index in [2.05, 4.69) is 25.1 Å². The first-order chi connectivity index (χ1) is 15.6. The van der Waals surface area contributed by atoms with Gasteiger partial charge in [-0.2, -0.15) is 4.98 Å². The molecule has 158 valence electrons. The van der Waals surface area contributed by atoms with Gasteiger partial charge in [0.25, 0.3) is 5.78 Å². The number of nitrogens with zero attached hydrogens (tertiary/aromatic N) is 7. The fourth-order valence-corrected chi connectivity index (χ4v) is 4.06. The molecule has 9 heteroatoms. The van der Waals surface area contributed by atoms with E-state index in [1.807, 2.05) is 30.1 Å². The second-order valence-electron chi connectivity index (χ2n) is 7.96. The first-order valence-corrected chi connectivity index (χ1v) is 10.6. The number of rotatable bonds is 4. The minimum atomic E-state index is -0.367. The summed E-state index contributed by atoms with van der Waals surface area (Å²) in [7, 11) is 1.84. The largest absolute Gasteiger partial charge is 0.329 e.